The maximum atomic E-state index is 6.37. The Balaban J connectivity index is 2.16. The van der Waals surface area contributed by atoms with Crippen LogP contribution in [-0.4, -0.2) is 36.4 Å². The van der Waals surface area contributed by atoms with Gasteiger partial charge in [0.05, 0.1) is 18.2 Å². The summed E-state index contributed by atoms with van der Waals surface area (Å²) in [6, 6.07) is 4.00. The van der Waals surface area contributed by atoms with Crippen LogP contribution in [0.5, 0.6) is 11.5 Å². The fraction of sp³-hybridized carbons (Fsp3) is 0.474. The van der Waals surface area contributed by atoms with Crippen LogP contribution in [0.15, 0.2) is 16.7 Å². The molecule has 0 spiro atoms. The van der Waals surface area contributed by atoms with Gasteiger partial charge >= 0.3 is 0 Å². The first-order valence-electron chi connectivity index (χ1n) is 8.84. The van der Waals surface area contributed by atoms with E-state index in [9.17, 15) is 0 Å². The maximum Gasteiger partial charge on any atom is 0.250 e. The summed E-state index contributed by atoms with van der Waals surface area (Å²) in [6.07, 6.45) is 5.22. The van der Waals surface area contributed by atoms with Gasteiger partial charge in [0, 0.05) is 18.5 Å². The van der Waals surface area contributed by atoms with E-state index in [0.29, 0.717) is 47.9 Å². The van der Waals surface area contributed by atoms with Crippen LogP contribution in [0, 0.1) is 0 Å². The van der Waals surface area contributed by atoms with Crippen molar-refractivity contribution in [1.82, 2.24) is 15.5 Å². The number of hydrogen-bond donors (Lipinski definition) is 1. The van der Waals surface area contributed by atoms with Crippen LogP contribution >= 0.6 is 11.6 Å². The lowest BCUT2D eigenvalue weighted by Crippen LogP contribution is -2.24. The minimum absolute atomic E-state index is 0.285. The van der Waals surface area contributed by atoms with Crippen molar-refractivity contribution in [3.05, 3.63) is 34.4 Å². The zero-order chi connectivity index (χ0) is 18.9. The van der Waals surface area contributed by atoms with E-state index in [1.165, 1.54) is 0 Å². The Morgan fingerprint density at radius 2 is 2.08 bits per heavy atom. The largest absolute Gasteiger partial charge is 0.490 e. The molecule has 0 aliphatic heterocycles. The smallest absolute Gasteiger partial charge is 0.250 e. The van der Waals surface area contributed by atoms with E-state index in [1.54, 1.807) is 6.08 Å². The Bertz CT molecular complexity index is 731. The van der Waals surface area contributed by atoms with Gasteiger partial charge in [-0.25, -0.2) is 0 Å². The monoisotopic (exact) mass is 379 g/mol. The highest BCUT2D eigenvalue weighted by Gasteiger charge is 2.12. The molecule has 1 aromatic carbocycles. The highest BCUT2D eigenvalue weighted by Crippen LogP contribution is 2.37. The summed E-state index contributed by atoms with van der Waals surface area (Å²) in [6.45, 7) is 7.15. The van der Waals surface area contributed by atoms with Gasteiger partial charge in [-0.15, -0.1) is 0 Å². The molecule has 142 valence electrons. The van der Waals surface area contributed by atoms with E-state index in [1.807, 2.05) is 39.1 Å². The third-order valence-corrected chi connectivity index (χ3v) is 3.95. The molecule has 6 nitrogen and oxygen atoms in total. The summed E-state index contributed by atoms with van der Waals surface area (Å²) < 4.78 is 16.6. The average Bonchev–Trinajstić information content (AvgIpc) is 3.06. The number of aromatic nitrogens is 2. The molecule has 0 saturated carbocycles. The molecule has 2 rings (SSSR count). The first kappa shape index (κ1) is 20.3. The minimum Gasteiger partial charge on any atom is -0.490 e. The van der Waals surface area contributed by atoms with E-state index < -0.39 is 0 Å². The third kappa shape index (κ3) is 5.75. The van der Waals surface area contributed by atoms with Gasteiger partial charge in [-0.1, -0.05) is 23.7 Å². The minimum atomic E-state index is 0.285. The van der Waals surface area contributed by atoms with Crippen LogP contribution < -0.4 is 14.8 Å². The Hall–Kier alpha value is -2.05. The molecule has 0 saturated heterocycles. The molecular formula is C19H26ClN3O3. The topological polar surface area (TPSA) is 69.4 Å². The number of hydrogen-bond acceptors (Lipinski definition) is 6. The van der Waals surface area contributed by atoms with E-state index in [4.69, 9.17) is 25.6 Å². The van der Waals surface area contributed by atoms with Gasteiger partial charge in [0.25, 0.3) is 5.89 Å². The fourth-order valence-corrected chi connectivity index (χ4v) is 2.53. The quantitative estimate of drug-likeness (QED) is 0.666. The number of likely N-dealkylation sites (N-methyl/N-ethyl adjacent to an activating group) is 1. The third-order valence-electron chi connectivity index (χ3n) is 3.67. The molecule has 2 aromatic rings. The van der Waals surface area contributed by atoms with Gasteiger partial charge in [-0.05, 0) is 51.1 Å². The Kier molecular flexibility index (Phi) is 7.94. The van der Waals surface area contributed by atoms with Crippen molar-refractivity contribution in [1.29, 1.82) is 0 Å². The highest BCUT2D eigenvalue weighted by molar-refractivity contribution is 6.32. The van der Waals surface area contributed by atoms with Gasteiger partial charge < -0.3 is 19.3 Å². The predicted octanol–water partition coefficient (Wildman–Crippen LogP) is 4.23. The van der Waals surface area contributed by atoms with Crippen LogP contribution in [0.4, 0.5) is 0 Å². The zero-order valence-electron chi connectivity index (χ0n) is 15.7. The molecule has 1 unspecified atom stereocenters. The SMILES string of the molecule is CCCOc1c(Cl)cc(/C=C/c2nc(CC(C)NC)no2)cc1OCC. The Morgan fingerprint density at radius 3 is 2.77 bits per heavy atom. The summed E-state index contributed by atoms with van der Waals surface area (Å²) in [5.41, 5.74) is 0.866. The second kappa shape index (κ2) is 10.2. The summed E-state index contributed by atoms with van der Waals surface area (Å²) in [5, 5.41) is 7.64. The molecule has 7 heteroatoms. The molecular weight excluding hydrogens is 354 g/mol. The highest BCUT2D eigenvalue weighted by atomic mass is 35.5. The van der Waals surface area contributed by atoms with E-state index in [-0.39, 0.29) is 6.04 Å². The molecule has 0 fully saturated rings. The van der Waals surface area contributed by atoms with Crippen molar-refractivity contribution in [3.8, 4) is 11.5 Å². The zero-order valence-corrected chi connectivity index (χ0v) is 16.5. The number of benzene rings is 1. The standard InChI is InChI=1S/C19H26ClN3O3/c1-5-9-25-19-15(20)11-14(12-16(19)24-6-2)7-8-18-22-17(23-26-18)10-13(3)21-4/h7-8,11-13,21H,5-6,9-10H2,1-4H3/b8-7+. The number of halogens is 1. The van der Waals surface area contributed by atoms with Crippen molar-refractivity contribution >= 4 is 23.8 Å². The van der Waals surface area contributed by atoms with Gasteiger partial charge in [-0.2, -0.15) is 4.98 Å². The number of ether oxygens (including phenoxy) is 2. The molecule has 1 heterocycles. The van der Waals surface area contributed by atoms with E-state index in [2.05, 4.69) is 22.4 Å². The van der Waals surface area contributed by atoms with Gasteiger partial charge in [-0.3, -0.25) is 0 Å². The van der Waals surface area contributed by atoms with Crippen LogP contribution in [0.1, 0.15) is 44.5 Å². The molecule has 1 atom stereocenters. The molecule has 26 heavy (non-hydrogen) atoms. The van der Waals surface area contributed by atoms with Crippen LogP contribution in [0.3, 0.4) is 0 Å². The molecule has 0 aliphatic carbocycles. The lowest BCUT2D eigenvalue weighted by Gasteiger charge is -2.13. The van der Waals surface area contributed by atoms with Crippen molar-refractivity contribution in [2.75, 3.05) is 20.3 Å². The van der Waals surface area contributed by atoms with Crippen LogP contribution in [0.2, 0.25) is 5.02 Å². The second-order valence-electron chi connectivity index (χ2n) is 5.89. The summed E-state index contributed by atoms with van der Waals surface area (Å²) in [4.78, 5) is 4.36. The number of rotatable bonds is 10. The molecule has 1 aromatic heterocycles. The van der Waals surface area contributed by atoms with Gasteiger partial charge in [0.1, 0.15) is 0 Å². The van der Waals surface area contributed by atoms with Crippen molar-refractivity contribution in [3.63, 3.8) is 0 Å². The fourth-order valence-electron chi connectivity index (χ4n) is 2.25. The summed E-state index contributed by atoms with van der Waals surface area (Å²) in [7, 11) is 1.90. The van der Waals surface area contributed by atoms with Crippen LogP contribution in [-0.2, 0) is 6.42 Å². The van der Waals surface area contributed by atoms with E-state index >= 15 is 0 Å². The lowest BCUT2D eigenvalue weighted by atomic mass is 10.2. The Labute approximate surface area is 159 Å². The van der Waals surface area contributed by atoms with E-state index in [0.717, 1.165) is 12.0 Å². The van der Waals surface area contributed by atoms with Crippen molar-refractivity contribution in [2.24, 2.45) is 0 Å². The maximum absolute atomic E-state index is 6.37. The van der Waals surface area contributed by atoms with Gasteiger partial charge in [0.15, 0.2) is 17.3 Å². The first-order valence-corrected chi connectivity index (χ1v) is 9.22. The van der Waals surface area contributed by atoms with Crippen molar-refractivity contribution in [2.45, 2.75) is 39.7 Å². The molecule has 0 bridgehead atoms. The number of nitrogens with zero attached hydrogens (tertiary/aromatic N) is 2. The predicted molar refractivity (Wildman–Crippen MR) is 104 cm³/mol. The average molecular weight is 380 g/mol. The summed E-state index contributed by atoms with van der Waals surface area (Å²) in [5.74, 6) is 2.32. The first-order chi connectivity index (χ1) is 12.6. The van der Waals surface area contributed by atoms with Crippen molar-refractivity contribution < 1.29 is 14.0 Å². The van der Waals surface area contributed by atoms with Gasteiger partial charge in [0.2, 0.25) is 0 Å². The second-order valence-corrected chi connectivity index (χ2v) is 6.29. The van der Waals surface area contributed by atoms with Crippen LogP contribution in [0.25, 0.3) is 12.2 Å². The summed E-state index contributed by atoms with van der Waals surface area (Å²) >= 11 is 6.37. The Morgan fingerprint density at radius 1 is 1.27 bits per heavy atom. The molecule has 0 aliphatic rings. The number of nitrogens with one attached hydrogen (secondary N) is 1. The molecule has 0 radical (unpaired) electrons. The lowest BCUT2D eigenvalue weighted by molar-refractivity contribution is 0.277. The normalized spacial score (nSPS) is 12.5. The molecule has 0 amide bonds. The molecule has 1 N–H and O–H groups in total.